The van der Waals surface area contributed by atoms with Crippen molar-refractivity contribution in [2.24, 2.45) is 0 Å². The van der Waals surface area contributed by atoms with Gasteiger partial charge in [0.2, 0.25) is 0 Å². The third-order valence-electron chi connectivity index (χ3n) is 3.02. The Kier molecular flexibility index (Phi) is 4.40. The number of carbonyl (C=O) groups is 2. The van der Waals surface area contributed by atoms with Gasteiger partial charge in [-0.15, -0.1) is 0 Å². The number of carboxylic acid groups (broad SMARTS) is 1. The summed E-state index contributed by atoms with van der Waals surface area (Å²) in [5.41, 5.74) is 1.79. The van der Waals surface area contributed by atoms with E-state index < -0.39 is 23.7 Å². The van der Waals surface area contributed by atoms with Crippen LogP contribution in [0, 0.1) is 0 Å². The molecule has 1 heterocycles. The number of hydrogen-bond acceptors (Lipinski definition) is 3. The number of alkyl carbamates (subject to hydrolysis) is 1. The first-order valence-corrected chi connectivity index (χ1v) is 6.98. The number of para-hydroxylation sites is 1. The molecule has 1 aliphatic rings. The number of aliphatic carboxylic acids is 1. The van der Waals surface area contributed by atoms with E-state index in [-0.39, 0.29) is 6.42 Å². The maximum absolute atomic E-state index is 11.8. The van der Waals surface area contributed by atoms with Crippen LogP contribution >= 0.6 is 0 Å². The number of benzene rings is 1. The third kappa shape index (κ3) is 4.00. The van der Waals surface area contributed by atoms with Crippen molar-refractivity contribution >= 4 is 23.3 Å². The Hall–Kier alpha value is -2.50. The minimum Gasteiger partial charge on any atom is -0.480 e. The monoisotopic (exact) mass is 303 g/mol. The summed E-state index contributed by atoms with van der Waals surface area (Å²) in [6.07, 6.45) is 1.04. The fraction of sp³-hybridized carbons (Fsp3) is 0.375. The van der Waals surface area contributed by atoms with Gasteiger partial charge in [-0.25, -0.2) is 9.59 Å². The van der Waals surface area contributed by atoms with Crippen molar-refractivity contribution in [2.45, 2.75) is 38.8 Å². The predicted octanol–water partition coefficient (Wildman–Crippen LogP) is 2.65. The lowest BCUT2D eigenvalue weighted by atomic mass is 10.0. The van der Waals surface area contributed by atoms with Crippen LogP contribution in [0.15, 0.2) is 30.5 Å². The van der Waals surface area contributed by atoms with Crippen LogP contribution in [-0.2, 0) is 9.53 Å². The second-order valence-corrected chi connectivity index (χ2v) is 6.04. The summed E-state index contributed by atoms with van der Waals surface area (Å²) in [7, 11) is 0. The van der Waals surface area contributed by atoms with Crippen LogP contribution in [0.1, 0.15) is 32.8 Å². The smallest absolute Gasteiger partial charge is 0.408 e. The first-order chi connectivity index (χ1) is 10.3. The summed E-state index contributed by atoms with van der Waals surface area (Å²) < 4.78 is 5.10. The molecule has 0 unspecified atom stereocenters. The molecule has 0 saturated heterocycles. The third-order valence-corrected chi connectivity index (χ3v) is 3.02. The maximum atomic E-state index is 11.8. The minimum atomic E-state index is -1.11. The van der Waals surface area contributed by atoms with Gasteiger partial charge in [0.1, 0.15) is 11.6 Å². The molecule has 2 N–H and O–H groups in total. The first kappa shape index (κ1) is 15.9. The molecular formula is C16H19N2O4. The molecule has 22 heavy (non-hydrogen) atoms. The van der Waals surface area contributed by atoms with E-state index in [1.54, 1.807) is 27.0 Å². The molecule has 1 aromatic rings. The number of amides is 1. The summed E-state index contributed by atoms with van der Waals surface area (Å²) >= 11 is 0. The summed E-state index contributed by atoms with van der Waals surface area (Å²) in [5.74, 6) is -1.11. The Balaban J connectivity index is 2.05. The first-order valence-electron chi connectivity index (χ1n) is 6.98. The summed E-state index contributed by atoms with van der Waals surface area (Å²) in [5, 5.41) is 15.9. The van der Waals surface area contributed by atoms with Gasteiger partial charge in [0, 0.05) is 18.2 Å². The summed E-state index contributed by atoms with van der Waals surface area (Å²) in [6, 6.07) is 6.40. The van der Waals surface area contributed by atoms with Crippen molar-refractivity contribution in [3.8, 4) is 0 Å². The highest BCUT2D eigenvalue weighted by Crippen LogP contribution is 2.32. The van der Waals surface area contributed by atoms with E-state index in [9.17, 15) is 14.7 Å². The number of fused-ring (bicyclic) bond motifs is 1. The standard InChI is InChI=1S/C16H19N2O4/c1-16(2,3)22-15(21)18-13(14(19)20)8-10-9-17-12-7-5-4-6-11(10)12/h4-7,9,13H,8H2,1-3H3,(H,18,21)(H,19,20)/t13-/m0/s1. The Morgan fingerprint density at radius 3 is 2.64 bits per heavy atom. The summed E-state index contributed by atoms with van der Waals surface area (Å²) in [6.45, 7) is 5.16. The molecule has 117 valence electrons. The van der Waals surface area contributed by atoms with E-state index in [0.717, 1.165) is 16.8 Å². The van der Waals surface area contributed by atoms with Gasteiger partial charge in [-0.2, -0.15) is 0 Å². The minimum absolute atomic E-state index is 0.148. The van der Waals surface area contributed by atoms with E-state index in [2.05, 4.69) is 10.6 Å². The number of ether oxygens (including phenoxy) is 1. The lowest BCUT2D eigenvalue weighted by Gasteiger charge is -2.22. The molecule has 0 aliphatic carbocycles. The predicted molar refractivity (Wildman–Crippen MR) is 81.6 cm³/mol. The molecule has 0 saturated carbocycles. The van der Waals surface area contributed by atoms with Gasteiger partial charge in [-0.1, -0.05) is 18.2 Å². The van der Waals surface area contributed by atoms with Crippen LogP contribution in [-0.4, -0.2) is 28.8 Å². The quantitative estimate of drug-likeness (QED) is 0.894. The van der Waals surface area contributed by atoms with Gasteiger partial charge in [-0.3, -0.25) is 5.32 Å². The van der Waals surface area contributed by atoms with Gasteiger partial charge in [0.05, 0.1) is 5.69 Å². The van der Waals surface area contributed by atoms with Crippen molar-refractivity contribution < 1.29 is 19.4 Å². The summed E-state index contributed by atoms with van der Waals surface area (Å²) in [4.78, 5) is 23.1. The van der Waals surface area contributed by atoms with Gasteiger partial charge in [0.25, 0.3) is 0 Å². The van der Waals surface area contributed by atoms with Gasteiger partial charge < -0.3 is 15.2 Å². The molecule has 1 radical (unpaired) electrons. The highest BCUT2D eigenvalue weighted by molar-refractivity contribution is 5.86. The Morgan fingerprint density at radius 2 is 2.00 bits per heavy atom. The van der Waals surface area contributed by atoms with Crippen molar-refractivity contribution in [1.29, 1.82) is 0 Å². The molecule has 0 spiro atoms. The van der Waals surface area contributed by atoms with E-state index >= 15 is 0 Å². The second kappa shape index (κ2) is 6.09. The molecule has 0 bridgehead atoms. The number of rotatable bonds is 4. The van der Waals surface area contributed by atoms with Crippen molar-refractivity contribution in [1.82, 2.24) is 10.6 Å². The van der Waals surface area contributed by atoms with Crippen molar-refractivity contribution in [3.63, 3.8) is 0 Å². The number of nitrogens with zero attached hydrogens (tertiary/aromatic N) is 1. The van der Waals surface area contributed by atoms with Crippen LogP contribution in [0.3, 0.4) is 0 Å². The zero-order chi connectivity index (χ0) is 16.3. The van der Waals surface area contributed by atoms with E-state index in [1.165, 1.54) is 0 Å². The van der Waals surface area contributed by atoms with E-state index in [0.29, 0.717) is 0 Å². The van der Waals surface area contributed by atoms with Crippen molar-refractivity contribution in [2.75, 3.05) is 0 Å². The molecular weight excluding hydrogens is 284 g/mol. The number of carbonyl (C=O) groups excluding carboxylic acids is 1. The van der Waals surface area contributed by atoms with Crippen LogP contribution < -0.4 is 10.6 Å². The highest BCUT2D eigenvalue weighted by Gasteiger charge is 2.27. The SMILES string of the molecule is CC(C)(C)OC(=O)N[C@@H](CC1=C[N]c2ccccc21)C(=O)O. The molecule has 1 amide bonds. The topological polar surface area (TPSA) is 89.7 Å². The molecule has 6 heteroatoms. The van der Waals surface area contributed by atoms with Gasteiger partial charge in [0.15, 0.2) is 0 Å². The maximum Gasteiger partial charge on any atom is 0.408 e. The normalized spacial score (nSPS) is 14.4. The Morgan fingerprint density at radius 1 is 1.32 bits per heavy atom. The average Bonchev–Trinajstić information content (AvgIpc) is 2.79. The van der Waals surface area contributed by atoms with Crippen LogP contribution in [0.5, 0.6) is 0 Å². The average molecular weight is 303 g/mol. The Bertz CT molecular complexity index is 617. The number of carboxylic acids is 1. The number of hydrogen-bond donors (Lipinski definition) is 2. The van der Waals surface area contributed by atoms with Gasteiger partial charge in [-0.05, 0) is 32.4 Å². The molecule has 1 atom stereocenters. The molecule has 2 rings (SSSR count). The van der Waals surface area contributed by atoms with Crippen LogP contribution in [0.25, 0.3) is 5.57 Å². The van der Waals surface area contributed by atoms with Crippen molar-refractivity contribution in [3.05, 3.63) is 36.0 Å². The fourth-order valence-electron chi connectivity index (χ4n) is 2.11. The zero-order valence-electron chi connectivity index (χ0n) is 12.8. The molecule has 6 nitrogen and oxygen atoms in total. The lowest BCUT2D eigenvalue weighted by molar-refractivity contribution is -0.139. The second-order valence-electron chi connectivity index (χ2n) is 6.04. The van der Waals surface area contributed by atoms with Crippen LogP contribution in [0.2, 0.25) is 0 Å². The zero-order valence-corrected chi connectivity index (χ0v) is 12.8. The van der Waals surface area contributed by atoms with Gasteiger partial charge >= 0.3 is 12.1 Å². The molecule has 1 aromatic carbocycles. The van der Waals surface area contributed by atoms with E-state index in [4.69, 9.17) is 4.74 Å². The molecule has 0 fully saturated rings. The largest absolute Gasteiger partial charge is 0.480 e. The lowest BCUT2D eigenvalue weighted by Crippen LogP contribution is -2.43. The van der Waals surface area contributed by atoms with E-state index in [1.807, 2.05) is 24.3 Å². The van der Waals surface area contributed by atoms with Crippen LogP contribution in [0.4, 0.5) is 10.5 Å². The molecule has 1 aliphatic heterocycles. The number of nitrogens with one attached hydrogen (secondary N) is 1. The Labute approximate surface area is 129 Å². The fourth-order valence-corrected chi connectivity index (χ4v) is 2.11. The molecule has 0 aromatic heterocycles. The highest BCUT2D eigenvalue weighted by atomic mass is 16.6.